The van der Waals surface area contributed by atoms with E-state index in [1.165, 1.54) is 0 Å². The Morgan fingerprint density at radius 3 is 2.86 bits per heavy atom. The van der Waals surface area contributed by atoms with Crippen LogP contribution in [0.15, 0.2) is 24.0 Å². The minimum atomic E-state index is -0.392. The quantitative estimate of drug-likeness (QED) is 0.666. The first-order valence-corrected chi connectivity index (χ1v) is 4.66. The van der Waals surface area contributed by atoms with Crippen LogP contribution in [-0.4, -0.2) is 19.8 Å². The van der Waals surface area contributed by atoms with Crippen molar-refractivity contribution >= 4 is 0 Å². The van der Waals surface area contributed by atoms with Crippen molar-refractivity contribution in [2.45, 2.75) is 12.0 Å². The van der Waals surface area contributed by atoms with E-state index in [-0.39, 0.29) is 11.8 Å². The average molecular weight is 191 g/mol. The summed E-state index contributed by atoms with van der Waals surface area (Å²) in [5.74, 6) is 1.12. The molecular weight excluding hydrogens is 178 g/mol. The smallest absolute Gasteiger partial charge is 0.115 e. The number of methoxy groups -OCH3 is 2. The van der Waals surface area contributed by atoms with Gasteiger partial charge in [-0.3, -0.25) is 0 Å². The van der Waals surface area contributed by atoms with Crippen molar-refractivity contribution in [3.05, 3.63) is 24.0 Å². The van der Waals surface area contributed by atoms with E-state index >= 15 is 0 Å². The Labute approximate surface area is 83.6 Å². The van der Waals surface area contributed by atoms with E-state index in [4.69, 9.17) is 14.7 Å². The van der Waals surface area contributed by atoms with Crippen LogP contribution in [0.25, 0.3) is 0 Å². The Kier molecular flexibility index (Phi) is 2.09. The van der Waals surface area contributed by atoms with Gasteiger partial charge in [0, 0.05) is 13.0 Å². The second-order valence-corrected chi connectivity index (χ2v) is 3.69. The number of nitriles is 1. The van der Waals surface area contributed by atoms with Crippen LogP contribution < -0.4 is 0 Å². The standard InChI is InChI=1S/C11H13NO2/c1-13-10-3-4-11(14-2)8(6-10)5-9(11)7-12/h3-4,6,8-9H,5H2,1-2H3/t8-,9-,11+/m1/s1. The zero-order chi connectivity index (χ0) is 10.2. The van der Waals surface area contributed by atoms with Gasteiger partial charge in [0.05, 0.1) is 19.1 Å². The largest absolute Gasteiger partial charge is 0.497 e. The second kappa shape index (κ2) is 3.14. The van der Waals surface area contributed by atoms with Gasteiger partial charge in [0.1, 0.15) is 11.4 Å². The van der Waals surface area contributed by atoms with Crippen molar-refractivity contribution in [2.75, 3.05) is 14.2 Å². The van der Waals surface area contributed by atoms with Gasteiger partial charge < -0.3 is 9.47 Å². The predicted octanol–water partition coefficient (Wildman–Crippen LogP) is 1.63. The molecule has 2 aliphatic rings. The number of hydrogen-bond acceptors (Lipinski definition) is 3. The fraction of sp³-hybridized carbons (Fsp3) is 0.545. The molecule has 0 unspecified atom stereocenters. The zero-order valence-electron chi connectivity index (χ0n) is 8.36. The molecular formula is C11H13NO2. The topological polar surface area (TPSA) is 42.2 Å². The molecule has 2 aliphatic carbocycles. The highest BCUT2D eigenvalue weighted by molar-refractivity contribution is 5.35. The van der Waals surface area contributed by atoms with Crippen LogP contribution in [0, 0.1) is 23.2 Å². The molecule has 3 heteroatoms. The molecule has 3 nitrogen and oxygen atoms in total. The Hall–Kier alpha value is -1.27. The minimum absolute atomic E-state index is 0.0246. The van der Waals surface area contributed by atoms with Gasteiger partial charge in [0.2, 0.25) is 0 Å². The van der Waals surface area contributed by atoms with Gasteiger partial charge in [-0.1, -0.05) is 0 Å². The van der Waals surface area contributed by atoms with Crippen LogP contribution in [0.2, 0.25) is 0 Å². The van der Waals surface area contributed by atoms with Gasteiger partial charge in [-0.15, -0.1) is 0 Å². The summed E-state index contributed by atoms with van der Waals surface area (Å²) in [6.07, 6.45) is 6.73. The first-order valence-electron chi connectivity index (χ1n) is 4.66. The molecule has 0 heterocycles. The van der Waals surface area contributed by atoms with Gasteiger partial charge in [0.15, 0.2) is 0 Å². The van der Waals surface area contributed by atoms with E-state index < -0.39 is 5.60 Å². The van der Waals surface area contributed by atoms with Crippen molar-refractivity contribution in [1.82, 2.24) is 0 Å². The maximum atomic E-state index is 8.93. The van der Waals surface area contributed by atoms with Crippen molar-refractivity contribution in [1.29, 1.82) is 5.26 Å². The minimum Gasteiger partial charge on any atom is -0.497 e. The number of nitrogens with zero attached hydrogens (tertiary/aromatic N) is 1. The molecule has 0 aromatic carbocycles. The first kappa shape index (κ1) is 9.29. The Morgan fingerprint density at radius 1 is 1.57 bits per heavy atom. The summed E-state index contributed by atoms with van der Waals surface area (Å²) in [6, 6.07) is 2.28. The maximum absolute atomic E-state index is 8.93. The summed E-state index contributed by atoms with van der Waals surface area (Å²) < 4.78 is 10.6. The SMILES string of the molecule is COC1=C[C@H]2C[C@H](C#N)[C@]2(OC)C=C1. The van der Waals surface area contributed by atoms with E-state index in [1.54, 1.807) is 14.2 Å². The third-order valence-electron chi connectivity index (χ3n) is 3.23. The number of allylic oxidation sites excluding steroid dienone is 1. The summed E-state index contributed by atoms with van der Waals surface area (Å²) >= 11 is 0. The molecule has 14 heavy (non-hydrogen) atoms. The first-order chi connectivity index (χ1) is 6.76. The summed E-state index contributed by atoms with van der Waals surface area (Å²) in [5.41, 5.74) is -0.392. The van der Waals surface area contributed by atoms with Crippen molar-refractivity contribution < 1.29 is 9.47 Å². The highest BCUT2D eigenvalue weighted by Gasteiger charge is 2.54. The third-order valence-corrected chi connectivity index (χ3v) is 3.23. The summed E-state index contributed by atoms with van der Waals surface area (Å²) in [4.78, 5) is 0. The number of hydrogen-bond donors (Lipinski definition) is 0. The lowest BCUT2D eigenvalue weighted by molar-refractivity contribution is -0.101. The van der Waals surface area contributed by atoms with Crippen LogP contribution in [0.1, 0.15) is 6.42 Å². The molecule has 3 atom stereocenters. The molecule has 0 N–H and O–H groups in total. The van der Waals surface area contributed by atoms with Gasteiger partial charge in [-0.2, -0.15) is 5.26 Å². The van der Waals surface area contributed by atoms with E-state index in [9.17, 15) is 0 Å². The molecule has 74 valence electrons. The summed E-state index contributed by atoms with van der Waals surface area (Å²) in [7, 11) is 3.31. The lowest BCUT2D eigenvalue weighted by Gasteiger charge is -2.50. The Balaban J connectivity index is 2.25. The van der Waals surface area contributed by atoms with Crippen LogP contribution >= 0.6 is 0 Å². The molecule has 0 aromatic heterocycles. The number of ether oxygens (including phenoxy) is 2. The lowest BCUT2D eigenvalue weighted by Crippen LogP contribution is -2.55. The predicted molar refractivity (Wildman–Crippen MR) is 51.2 cm³/mol. The van der Waals surface area contributed by atoms with Crippen molar-refractivity contribution in [2.24, 2.45) is 11.8 Å². The van der Waals surface area contributed by atoms with Gasteiger partial charge in [-0.25, -0.2) is 0 Å². The fourth-order valence-electron chi connectivity index (χ4n) is 2.28. The van der Waals surface area contributed by atoms with Gasteiger partial charge in [-0.05, 0) is 24.6 Å². The molecule has 1 fully saturated rings. The second-order valence-electron chi connectivity index (χ2n) is 3.69. The molecule has 0 saturated heterocycles. The van der Waals surface area contributed by atoms with E-state index in [0.29, 0.717) is 0 Å². The molecule has 2 rings (SSSR count). The van der Waals surface area contributed by atoms with Crippen molar-refractivity contribution in [3.63, 3.8) is 0 Å². The van der Waals surface area contributed by atoms with Crippen LogP contribution in [-0.2, 0) is 9.47 Å². The number of fused-ring (bicyclic) bond motifs is 1. The van der Waals surface area contributed by atoms with Crippen LogP contribution in [0.3, 0.4) is 0 Å². The molecule has 0 aliphatic heterocycles. The van der Waals surface area contributed by atoms with E-state index in [1.807, 2.05) is 18.2 Å². The monoisotopic (exact) mass is 191 g/mol. The van der Waals surface area contributed by atoms with Crippen molar-refractivity contribution in [3.8, 4) is 6.07 Å². The molecule has 0 bridgehead atoms. The normalized spacial score (nSPS) is 39.1. The van der Waals surface area contributed by atoms with E-state index in [2.05, 4.69) is 6.07 Å². The van der Waals surface area contributed by atoms with Gasteiger partial charge in [0.25, 0.3) is 0 Å². The molecule has 0 radical (unpaired) electrons. The number of rotatable bonds is 2. The Bertz CT molecular complexity index is 340. The van der Waals surface area contributed by atoms with Gasteiger partial charge >= 0.3 is 0 Å². The maximum Gasteiger partial charge on any atom is 0.115 e. The molecule has 0 spiro atoms. The molecule has 0 aromatic rings. The highest BCUT2D eigenvalue weighted by atomic mass is 16.5. The molecule has 1 saturated carbocycles. The summed E-state index contributed by atoms with van der Waals surface area (Å²) in [6.45, 7) is 0. The zero-order valence-corrected chi connectivity index (χ0v) is 8.36. The highest BCUT2D eigenvalue weighted by Crippen LogP contribution is 2.50. The van der Waals surface area contributed by atoms with Crippen LogP contribution in [0.4, 0.5) is 0 Å². The lowest BCUT2D eigenvalue weighted by atomic mass is 9.59. The fourth-order valence-corrected chi connectivity index (χ4v) is 2.28. The van der Waals surface area contributed by atoms with Crippen LogP contribution in [0.5, 0.6) is 0 Å². The average Bonchev–Trinajstić information content (AvgIpc) is 2.20. The third kappa shape index (κ3) is 1.01. The Morgan fingerprint density at radius 2 is 2.36 bits per heavy atom. The molecule has 0 amide bonds. The summed E-state index contributed by atoms with van der Waals surface area (Å²) in [5, 5.41) is 8.93. The van der Waals surface area contributed by atoms with E-state index in [0.717, 1.165) is 12.2 Å².